The molecule has 0 saturated carbocycles. The Kier molecular flexibility index (Phi) is 6.59. The zero-order valence-corrected chi connectivity index (χ0v) is 17.9. The van der Waals surface area contributed by atoms with Crippen molar-refractivity contribution in [2.75, 3.05) is 19.9 Å². The van der Waals surface area contributed by atoms with Gasteiger partial charge in [-0.15, -0.1) is 0 Å². The lowest BCUT2D eigenvalue weighted by Crippen LogP contribution is -2.57. The molecule has 0 aliphatic carbocycles. The number of sulfonamides is 1. The number of hydrogen-bond acceptors (Lipinski definition) is 4. The summed E-state index contributed by atoms with van der Waals surface area (Å²) in [5.74, 6) is 0. The van der Waals surface area contributed by atoms with E-state index in [4.69, 9.17) is 4.74 Å². The van der Waals surface area contributed by atoms with E-state index in [0.29, 0.717) is 19.4 Å². The van der Waals surface area contributed by atoms with Crippen molar-refractivity contribution in [3.63, 3.8) is 0 Å². The first-order chi connectivity index (χ1) is 13.8. The number of aryl methyl sites for hydroxylation is 1. The Morgan fingerprint density at radius 3 is 2.55 bits per heavy atom. The maximum Gasteiger partial charge on any atom is 0.409 e. The molecule has 0 bridgehead atoms. The third-order valence-electron chi connectivity index (χ3n) is 5.24. The number of hydrogen-bond donors (Lipinski definition) is 1. The summed E-state index contributed by atoms with van der Waals surface area (Å²) < 4.78 is 31.5. The Morgan fingerprint density at radius 1 is 1.17 bits per heavy atom. The summed E-state index contributed by atoms with van der Waals surface area (Å²) in [6.45, 7) is 2.60. The monoisotopic (exact) mass is 416 g/mol. The van der Waals surface area contributed by atoms with Crippen molar-refractivity contribution in [3.8, 4) is 11.1 Å². The van der Waals surface area contributed by atoms with E-state index in [-0.39, 0.29) is 12.1 Å². The smallest absolute Gasteiger partial charge is 0.409 e. The van der Waals surface area contributed by atoms with Gasteiger partial charge in [0.1, 0.15) is 0 Å². The molecule has 2 aromatic rings. The minimum atomic E-state index is -3.39. The third-order valence-corrected chi connectivity index (χ3v) is 5.97. The van der Waals surface area contributed by atoms with Crippen LogP contribution >= 0.6 is 0 Å². The molecule has 1 N–H and O–H groups in total. The minimum absolute atomic E-state index is 0.309. The van der Waals surface area contributed by atoms with Gasteiger partial charge in [-0.3, -0.25) is 0 Å². The number of carbonyl (C=O) groups is 1. The van der Waals surface area contributed by atoms with E-state index in [1.807, 2.05) is 25.1 Å². The van der Waals surface area contributed by atoms with Gasteiger partial charge in [0.2, 0.25) is 10.0 Å². The highest BCUT2D eigenvalue weighted by Gasteiger charge is 2.36. The van der Waals surface area contributed by atoms with Crippen molar-refractivity contribution in [2.24, 2.45) is 0 Å². The van der Waals surface area contributed by atoms with Crippen molar-refractivity contribution >= 4 is 16.1 Å². The molecule has 1 aliphatic rings. The molecule has 0 aromatic heterocycles. The molecule has 2 atom stereocenters. The fraction of sp³-hybridized carbons (Fsp3) is 0.409. The topological polar surface area (TPSA) is 75.7 Å². The molecule has 2 unspecified atom stereocenters. The van der Waals surface area contributed by atoms with Crippen LogP contribution in [0.2, 0.25) is 0 Å². The van der Waals surface area contributed by atoms with Gasteiger partial charge >= 0.3 is 6.09 Å². The lowest BCUT2D eigenvalue weighted by molar-refractivity contribution is 0.0792. The van der Waals surface area contributed by atoms with Crippen LogP contribution in [-0.2, 0) is 21.2 Å². The molecule has 7 heteroatoms. The number of methoxy groups -OCH3 is 1. The molecule has 1 aliphatic heterocycles. The molecule has 1 fully saturated rings. The highest BCUT2D eigenvalue weighted by atomic mass is 32.2. The average molecular weight is 417 g/mol. The Hall–Kier alpha value is -2.38. The first kappa shape index (κ1) is 21.3. The quantitative estimate of drug-likeness (QED) is 0.811. The number of nitrogens with one attached hydrogen (secondary N) is 1. The van der Waals surface area contributed by atoms with Crippen LogP contribution in [0.25, 0.3) is 11.1 Å². The van der Waals surface area contributed by atoms with E-state index in [0.717, 1.165) is 34.9 Å². The van der Waals surface area contributed by atoms with Crippen molar-refractivity contribution in [3.05, 3.63) is 59.7 Å². The van der Waals surface area contributed by atoms with Gasteiger partial charge < -0.3 is 9.64 Å². The van der Waals surface area contributed by atoms with Gasteiger partial charge in [-0.2, -0.15) is 0 Å². The van der Waals surface area contributed by atoms with Crippen molar-refractivity contribution in [1.29, 1.82) is 0 Å². The van der Waals surface area contributed by atoms with Gasteiger partial charge in [0.25, 0.3) is 0 Å². The Morgan fingerprint density at radius 2 is 1.90 bits per heavy atom. The predicted octanol–water partition coefficient (Wildman–Crippen LogP) is 3.35. The van der Waals surface area contributed by atoms with Gasteiger partial charge in [0, 0.05) is 12.6 Å². The summed E-state index contributed by atoms with van der Waals surface area (Å²) in [6, 6.07) is 15.8. The molecule has 1 heterocycles. The van der Waals surface area contributed by atoms with E-state index in [9.17, 15) is 13.2 Å². The van der Waals surface area contributed by atoms with Crippen LogP contribution in [0.1, 0.15) is 24.0 Å². The van der Waals surface area contributed by atoms with Gasteiger partial charge in [0.05, 0.1) is 19.4 Å². The number of likely N-dealkylation sites (tertiary alicyclic amines) is 1. The first-order valence-electron chi connectivity index (χ1n) is 9.75. The Balaban J connectivity index is 1.94. The maximum absolute atomic E-state index is 12.4. The van der Waals surface area contributed by atoms with Gasteiger partial charge in [0.15, 0.2) is 0 Å². The molecule has 0 radical (unpaired) electrons. The highest BCUT2D eigenvalue weighted by molar-refractivity contribution is 7.88. The molecule has 1 saturated heterocycles. The van der Waals surface area contributed by atoms with Crippen molar-refractivity contribution in [1.82, 2.24) is 9.62 Å². The van der Waals surface area contributed by atoms with E-state index in [2.05, 4.69) is 35.1 Å². The first-order valence-corrected chi connectivity index (χ1v) is 11.6. The van der Waals surface area contributed by atoms with Crippen molar-refractivity contribution in [2.45, 2.75) is 38.3 Å². The molecule has 1 amide bonds. The number of ether oxygens (including phenoxy) is 1. The number of nitrogens with zero attached hydrogens (tertiary/aromatic N) is 1. The fourth-order valence-corrected chi connectivity index (χ4v) is 4.91. The number of rotatable bonds is 5. The van der Waals surface area contributed by atoms with Crippen LogP contribution in [0, 0.1) is 6.92 Å². The molecular weight excluding hydrogens is 388 g/mol. The molecule has 3 rings (SSSR count). The lowest BCUT2D eigenvalue weighted by atomic mass is 9.90. The predicted molar refractivity (Wildman–Crippen MR) is 114 cm³/mol. The zero-order chi connectivity index (χ0) is 21.0. The van der Waals surface area contributed by atoms with Crippen LogP contribution < -0.4 is 4.72 Å². The van der Waals surface area contributed by atoms with E-state index < -0.39 is 16.1 Å². The highest BCUT2D eigenvalue weighted by Crippen LogP contribution is 2.27. The fourth-order valence-electron chi connectivity index (χ4n) is 4.08. The second kappa shape index (κ2) is 8.97. The van der Waals surface area contributed by atoms with Crippen LogP contribution in [0.15, 0.2) is 48.5 Å². The van der Waals surface area contributed by atoms with E-state index in [1.165, 1.54) is 7.11 Å². The summed E-state index contributed by atoms with van der Waals surface area (Å²) in [5, 5.41) is 0. The van der Waals surface area contributed by atoms with Crippen LogP contribution in [0.4, 0.5) is 4.79 Å². The normalized spacial score (nSPS) is 19.8. The number of carbonyl (C=O) groups excluding carboxylic acids is 1. The van der Waals surface area contributed by atoms with Crippen molar-refractivity contribution < 1.29 is 17.9 Å². The van der Waals surface area contributed by atoms with E-state index >= 15 is 0 Å². The third kappa shape index (κ3) is 5.58. The summed E-state index contributed by atoms with van der Waals surface area (Å²) in [7, 11) is -2.04. The second-order valence-electron chi connectivity index (χ2n) is 7.65. The zero-order valence-electron chi connectivity index (χ0n) is 17.1. The number of piperidine rings is 1. The molecule has 2 aromatic carbocycles. The number of amides is 1. The van der Waals surface area contributed by atoms with Crippen LogP contribution in [0.3, 0.4) is 0 Å². The Labute approximate surface area is 172 Å². The maximum atomic E-state index is 12.4. The van der Waals surface area contributed by atoms with Crippen LogP contribution in [-0.4, -0.2) is 51.4 Å². The average Bonchev–Trinajstić information content (AvgIpc) is 2.68. The van der Waals surface area contributed by atoms with E-state index in [1.54, 1.807) is 4.90 Å². The standard InChI is InChI=1S/C22H28N2O4S/c1-16-12-17(14-19(13-16)18-8-5-4-6-9-18)15-21-20(23-29(3,26)27)10-7-11-24(21)22(25)28-2/h4-6,8-9,12-14,20-21,23H,7,10-11,15H2,1-3H3. The summed E-state index contributed by atoms with van der Waals surface area (Å²) in [4.78, 5) is 14.0. The van der Waals surface area contributed by atoms with Gasteiger partial charge in [-0.25, -0.2) is 17.9 Å². The number of benzene rings is 2. The minimum Gasteiger partial charge on any atom is -0.453 e. The van der Waals surface area contributed by atoms with Crippen LogP contribution in [0.5, 0.6) is 0 Å². The summed E-state index contributed by atoms with van der Waals surface area (Å²) in [5.41, 5.74) is 4.41. The van der Waals surface area contributed by atoms with Gasteiger partial charge in [-0.05, 0) is 42.9 Å². The largest absolute Gasteiger partial charge is 0.453 e. The Bertz CT molecular complexity index is 960. The SMILES string of the molecule is COC(=O)N1CCCC(NS(C)(=O)=O)C1Cc1cc(C)cc(-c2ccccc2)c1. The summed E-state index contributed by atoms with van der Waals surface area (Å²) >= 11 is 0. The molecule has 29 heavy (non-hydrogen) atoms. The lowest BCUT2D eigenvalue weighted by Gasteiger charge is -2.40. The molecule has 0 spiro atoms. The molecular formula is C22H28N2O4S. The molecule has 6 nitrogen and oxygen atoms in total. The molecule has 156 valence electrons. The van der Waals surface area contributed by atoms with Gasteiger partial charge in [-0.1, -0.05) is 54.1 Å². The second-order valence-corrected chi connectivity index (χ2v) is 9.43. The summed E-state index contributed by atoms with van der Waals surface area (Å²) in [6.07, 6.45) is 2.68.